The second-order valence-electron chi connectivity index (χ2n) is 5.03. The summed E-state index contributed by atoms with van der Waals surface area (Å²) in [6.07, 6.45) is 3.91. The van der Waals surface area contributed by atoms with Crippen LogP contribution in [0.2, 0.25) is 0 Å². The van der Waals surface area contributed by atoms with Crippen molar-refractivity contribution in [1.29, 1.82) is 0 Å². The molecule has 0 aliphatic rings. The molecule has 0 spiro atoms. The van der Waals surface area contributed by atoms with Gasteiger partial charge in [0.05, 0.1) is 11.6 Å². The highest BCUT2D eigenvalue weighted by molar-refractivity contribution is 9.10. The van der Waals surface area contributed by atoms with Gasteiger partial charge in [-0.05, 0) is 45.3 Å². The number of rotatable bonds is 8. The first kappa shape index (κ1) is 17.4. The summed E-state index contributed by atoms with van der Waals surface area (Å²) < 4.78 is 6.12. The Hall–Kier alpha value is -1.92. The quantitative estimate of drug-likeness (QED) is 0.694. The fourth-order valence-corrected chi connectivity index (χ4v) is 2.63. The Balaban J connectivity index is 1.65. The molecule has 0 saturated carbocycles. The number of hydrogen-bond donors (Lipinski definition) is 2. The smallest absolute Gasteiger partial charge is 0.221 e. The number of aromatic nitrogens is 1. The van der Waals surface area contributed by atoms with Crippen molar-refractivity contribution < 1.29 is 9.53 Å². The van der Waals surface area contributed by atoms with Crippen molar-refractivity contribution in [3.8, 4) is 5.75 Å². The van der Waals surface area contributed by atoms with Gasteiger partial charge < -0.3 is 15.4 Å². The highest BCUT2D eigenvalue weighted by atomic mass is 79.9. The average molecular weight is 378 g/mol. The average Bonchev–Trinajstić information content (AvgIpc) is 2.58. The van der Waals surface area contributed by atoms with Crippen LogP contribution in [0.5, 0.6) is 5.75 Å². The van der Waals surface area contributed by atoms with Crippen molar-refractivity contribution in [3.63, 3.8) is 0 Å². The van der Waals surface area contributed by atoms with Crippen molar-refractivity contribution in [2.24, 2.45) is 0 Å². The number of nitrogens with one attached hydrogen (secondary N) is 2. The fourth-order valence-electron chi connectivity index (χ4n) is 2.05. The molecular formula is C17H20BrN3O2. The molecule has 0 atom stereocenters. The third-order valence-electron chi connectivity index (χ3n) is 3.29. The number of carbonyl (C=O) groups is 1. The van der Waals surface area contributed by atoms with Gasteiger partial charge in [-0.1, -0.05) is 12.1 Å². The van der Waals surface area contributed by atoms with Crippen LogP contribution >= 0.6 is 15.9 Å². The van der Waals surface area contributed by atoms with Crippen LogP contribution in [0.1, 0.15) is 17.5 Å². The van der Waals surface area contributed by atoms with E-state index in [0.717, 1.165) is 21.3 Å². The van der Waals surface area contributed by atoms with Gasteiger partial charge in [0.25, 0.3) is 0 Å². The largest absolute Gasteiger partial charge is 0.496 e. The second kappa shape index (κ2) is 9.27. The van der Waals surface area contributed by atoms with Gasteiger partial charge in [-0.15, -0.1) is 0 Å². The molecule has 1 amide bonds. The lowest BCUT2D eigenvalue weighted by atomic mass is 10.2. The molecule has 1 heterocycles. The van der Waals surface area contributed by atoms with E-state index in [0.29, 0.717) is 26.1 Å². The van der Waals surface area contributed by atoms with Crippen LogP contribution in [0.4, 0.5) is 0 Å². The standard InChI is InChI=1S/C17H20BrN3O2/c1-23-16-5-4-13(9-15(16)18)10-20-8-6-17(22)21-12-14-3-2-7-19-11-14/h2-5,7,9,11,20H,6,8,10,12H2,1H3,(H,21,22). The molecule has 0 unspecified atom stereocenters. The van der Waals surface area contributed by atoms with Crippen LogP contribution in [-0.4, -0.2) is 24.5 Å². The third-order valence-corrected chi connectivity index (χ3v) is 3.91. The van der Waals surface area contributed by atoms with Gasteiger partial charge in [-0.2, -0.15) is 0 Å². The molecule has 0 aliphatic heterocycles. The Morgan fingerprint density at radius 2 is 2.13 bits per heavy atom. The van der Waals surface area contributed by atoms with E-state index in [-0.39, 0.29) is 5.91 Å². The Kier molecular flexibility index (Phi) is 7.03. The maximum absolute atomic E-state index is 11.8. The number of hydrogen-bond acceptors (Lipinski definition) is 4. The minimum absolute atomic E-state index is 0.0252. The Morgan fingerprint density at radius 3 is 2.83 bits per heavy atom. The van der Waals surface area contributed by atoms with E-state index in [1.807, 2.05) is 30.3 Å². The normalized spacial score (nSPS) is 10.3. The topological polar surface area (TPSA) is 63.2 Å². The molecule has 0 fully saturated rings. The minimum Gasteiger partial charge on any atom is -0.496 e. The molecule has 0 radical (unpaired) electrons. The minimum atomic E-state index is 0.0252. The van der Waals surface area contributed by atoms with Crippen molar-refractivity contribution in [2.75, 3.05) is 13.7 Å². The SMILES string of the molecule is COc1ccc(CNCCC(=O)NCc2cccnc2)cc1Br. The van der Waals surface area contributed by atoms with Crippen LogP contribution in [-0.2, 0) is 17.9 Å². The number of carbonyl (C=O) groups excluding carboxylic acids is 1. The van der Waals surface area contributed by atoms with Crippen molar-refractivity contribution >= 4 is 21.8 Å². The second-order valence-corrected chi connectivity index (χ2v) is 5.89. The van der Waals surface area contributed by atoms with Gasteiger partial charge >= 0.3 is 0 Å². The third kappa shape index (κ3) is 6.00. The van der Waals surface area contributed by atoms with Gasteiger partial charge in [-0.3, -0.25) is 9.78 Å². The van der Waals surface area contributed by atoms with Gasteiger partial charge in [0.15, 0.2) is 0 Å². The van der Waals surface area contributed by atoms with E-state index in [1.165, 1.54) is 0 Å². The van der Waals surface area contributed by atoms with Crippen molar-refractivity contribution in [1.82, 2.24) is 15.6 Å². The van der Waals surface area contributed by atoms with Gasteiger partial charge in [0.1, 0.15) is 5.75 Å². The molecule has 5 nitrogen and oxygen atoms in total. The van der Waals surface area contributed by atoms with E-state index < -0.39 is 0 Å². The molecular weight excluding hydrogens is 358 g/mol. The van der Waals surface area contributed by atoms with E-state index in [9.17, 15) is 4.79 Å². The molecule has 1 aromatic heterocycles. The first-order chi connectivity index (χ1) is 11.2. The summed E-state index contributed by atoms with van der Waals surface area (Å²) >= 11 is 3.46. The number of nitrogens with zero attached hydrogens (tertiary/aromatic N) is 1. The molecule has 2 rings (SSSR count). The molecule has 0 saturated heterocycles. The highest BCUT2D eigenvalue weighted by Crippen LogP contribution is 2.25. The molecule has 0 aliphatic carbocycles. The summed E-state index contributed by atoms with van der Waals surface area (Å²) in [6, 6.07) is 9.72. The molecule has 122 valence electrons. The first-order valence-corrected chi connectivity index (χ1v) is 8.17. The predicted molar refractivity (Wildman–Crippen MR) is 93.1 cm³/mol. The number of amides is 1. The summed E-state index contributed by atoms with van der Waals surface area (Å²) in [5.74, 6) is 0.834. The fraction of sp³-hybridized carbons (Fsp3) is 0.294. The lowest BCUT2D eigenvalue weighted by Crippen LogP contribution is -2.27. The van der Waals surface area contributed by atoms with E-state index in [4.69, 9.17) is 4.74 Å². The summed E-state index contributed by atoms with van der Waals surface area (Å²) in [7, 11) is 1.64. The maximum atomic E-state index is 11.8. The molecule has 0 bridgehead atoms. The molecule has 6 heteroatoms. The van der Waals surface area contributed by atoms with Crippen molar-refractivity contribution in [3.05, 3.63) is 58.3 Å². The molecule has 2 N–H and O–H groups in total. The highest BCUT2D eigenvalue weighted by Gasteiger charge is 2.03. The zero-order valence-electron chi connectivity index (χ0n) is 13.0. The zero-order valence-corrected chi connectivity index (χ0v) is 14.6. The van der Waals surface area contributed by atoms with E-state index >= 15 is 0 Å². The predicted octanol–water partition coefficient (Wildman–Crippen LogP) is 2.65. The number of benzene rings is 1. The van der Waals surface area contributed by atoms with E-state index in [1.54, 1.807) is 19.5 Å². The van der Waals surface area contributed by atoms with Crippen LogP contribution in [0, 0.1) is 0 Å². The van der Waals surface area contributed by atoms with Crippen molar-refractivity contribution in [2.45, 2.75) is 19.5 Å². The first-order valence-electron chi connectivity index (χ1n) is 7.38. The zero-order chi connectivity index (χ0) is 16.5. The van der Waals surface area contributed by atoms with Crippen LogP contribution < -0.4 is 15.4 Å². The summed E-state index contributed by atoms with van der Waals surface area (Å²) in [5, 5.41) is 6.14. The summed E-state index contributed by atoms with van der Waals surface area (Å²) in [6.45, 7) is 1.85. The monoisotopic (exact) mass is 377 g/mol. The number of halogens is 1. The molecule has 2 aromatic rings. The number of pyridine rings is 1. The number of methoxy groups -OCH3 is 1. The summed E-state index contributed by atoms with van der Waals surface area (Å²) in [4.78, 5) is 15.8. The maximum Gasteiger partial charge on any atom is 0.221 e. The molecule has 1 aromatic carbocycles. The van der Waals surface area contributed by atoms with E-state index in [2.05, 4.69) is 31.5 Å². The van der Waals surface area contributed by atoms with Gasteiger partial charge in [0.2, 0.25) is 5.91 Å². The van der Waals surface area contributed by atoms with Crippen LogP contribution in [0.25, 0.3) is 0 Å². The Morgan fingerprint density at radius 1 is 1.26 bits per heavy atom. The number of ether oxygens (including phenoxy) is 1. The van der Waals surface area contributed by atoms with Crippen LogP contribution in [0.15, 0.2) is 47.2 Å². The molecule has 23 heavy (non-hydrogen) atoms. The van der Waals surface area contributed by atoms with Gasteiger partial charge in [0, 0.05) is 38.4 Å². The summed E-state index contributed by atoms with van der Waals surface area (Å²) in [5.41, 5.74) is 2.13. The Labute approximate surface area is 144 Å². The van der Waals surface area contributed by atoms with Crippen LogP contribution in [0.3, 0.4) is 0 Å². The lowest BCUT2D eigenvalue weighted by Gasteiger charge is -2.08. The van der Waals surface area contributed by atoms with Gasteiger partial charge in [-0.25, -0.2) is 0 Å². The lowest BCUT2D eigenvalue weighted by molar-refractivity contribution is -0.121. The Bertz CT molecular complexity index is 635.